The van der Waals surface area contributed by atoms with Gasteiger partial charge in [-0.15, -0.1) is 0 Å². The number of hydrogen-bond donors (Lipinski definition) is 0. The average Bonchev–Trinajstić information content (AvgIpc) is 2.38. The van der Waals surface area contributed by atoms with Gasteiger partial charge in [-0.05, 0) is 47.3 Å². The summed E-state index contributed by atoms with van der Waals surface area (Å²) in [5, 5.41) is 0. The van der Waals surface area contributed by atoms with Gasteiger partial charge in [-0.3, -0.25) is 0 Å². The molecule has 18 heavy (non-hydrogen) atoms. The van der Waals surface area contributed by atoms with Gasteiger partial charge in [0.1, 0.15) is 5.82 Å². The summed E-state index contributed by atoms with van der Waals surface area (Å²) in [4.78, 5) is 6.88. The topological polar surface area (TPSA) is 25.4 Å². The van der Waals surface area contributed by atoms with Gasteiger partial charge in [0.25, 0.3) is 0 Å². The molecule has 1 aromatic heterocycles. The first-order valence-corrected chi connectivity index (χ1v) is 7.31. The van der Waals surface area contributed by atoms with E-state index >= 15 is 0 Å². The van der Waals surface area contributed by atoms with Crippen LogP contribution >= 0.6 is 15.9 Å². The average molecular weight is 315 g/mol. The molecule has 0 amide bonds. The highest BCUT2D eigenvalue weighted by atomic mass is 79.9. The van der Waals surface area contributed by atoms with Crippen molar-refractivity contribution in [3.63, 3.8) is 0 Å². The fraction of sp³-hybridized carbons (Fsp3) is 0.643. The molecule has 0 radical (unpaired) electrons. The lowest BCUT2D eigenvalue weighted by atomic mass is 10.1. The van der Waals surface area contributed by atoms with E-state index in [1.807, 2.05) is 12.3 Å². The number of hydrogen-bond acceptors (Lipinski definition) is 3. The number of rotatable bonds is 7. The van der Waals surface area contributed by atoms with Crippen LogP contribution in [0.5, 0.6) is 0 Å². The summed E-state index contributed by atoms with van der Waals surface area (Å²) in [7, 11) is 1.74. The van der Waals surface area contributed by atoms with Gasteiger partial charge < -0.3 is 9.64 Å². The molecule has 0 saturated heterocycles. The van der Waals surface area contributed by atoms with E-state index in [2.05, 4.69) is 46.6 Å². The minimum absolute atomic E-state index is 0.505. The maximum Gasteiger partial charge on any atom is 0.143 e. The lowest BCUT2D eigenvalue weighted by Crippen LogP contribution is -2.38. The molecule has 1 heterocycles. The standard InChI is InChI=1S/C14H23BrN2O/c1-5-12(6-2)17(9-10-18-4)14-13(15)11(3)7-8-16-14/h7-8,12H,5-6,9-10H2,1-4H3. The molecule has 0 aliphatic heterocycles. The van der Waals surface area contributed by atoms with Gasteiger partial charge in [0, 0.05) is 25.9 Å². The Hall–Kier alpha value is -0.610. The summed E-state index contributed by atoms with van der Waals surface area (Å²) < 4.78 is 6.31. The SMILES string of the molecule is CCC(CC)N(CCOC)c1nccc(C)c1Br. The number of aromatic nitrogens is 1. The Morgan fingerprint density at radius 2 is 2.06 bits per heavy atom. The van der Waals surface area contributed by atoms with E-state index in [1.165, 1.54) is 5.56 Å². The zero-order valence-corrected chi connectivity index (χ0v) is 13.3. The fourth-order valence-corrected chi connectivity index (χ4v) is 2.57. The molecule has 3 nitrogen and oxygen atoms in total. The molecule has 1 rings (SSSR count). The van der Waals surface area contributed by atoms with Crippen molar-refractivity contribution in [1.82, 2.24) is 4.98 Å². The first kappa shape index (κ1) is 15.4. The first-order chi connectivity index (χ1) is 8.65. The van der Waals surface area contributed by atoms with Crippen LogP contribution in [0.4, 0.5) is 5.82 Å². The Bertz CT molecular complexity index is 367. The molecule has 0 atom stereocenters. The molecular formula is C14H23BrN2O. The molecule has 1 aromatic rings. The van der Waals surface area contributed by atoms with Crippen LogP contribution in [-0.4, -0.2) is 31.3 Å². The van der Waals surface area contributed by atoms with Crippen LogP contribution in [-0.2, 0) is 4.74 Å². The second-order valence-electron chi connectivity index (χ2n) is 4.42. The Morgan fingerprint density at radius 1 is 1.39 bits per heavy atom. The summed E-state index contributed by atoms with van der Waals surface area (Å²) in [6, 6.07) is 2.53. The van der Waals surface area contributed by atoms with Crippen molar-refractivity contribution >= 4 is 21.7 Å². The predicted octanol–water partition coefficient (Wildman–Crippen LogP) is 3.79. The molecule has 0 unspecified atom stereocenters. The van der Waals surface area contributed by atoms with Gasteiger partial charge in [-0.2, -0.15) is 0 Å². The molecule has 0 saturated carbocycles. The molecular weight excluding hydrogens is 292 g/mol. The maximum absolute atomic E-state index is 5.22. The number of aryl methyl sites for hydroxylation is 1. The Labute approximate surface area is 119 Å². The molecule has 0 N–H and O–H groups in total. The van der Waals surface area contributed by atoms with Gasteiger partial charge >= 0.3 is 0 Å². The fourth-order valence-electron chi connectivity index (χ4n) is 2.11. The summed E-state index contributed by atoms with van der Waals surface area (Å²) in [5.74, 6) is 1.03. The number of anilines is 1. The summed E-state index contributed by atoms with van der Waals surface area (Å²) >= 11 is 3.65. The number of nitrogens with zero attached hydrogens (tertiary/aromatic N) is 2. The van der Waals surface area contributed by atoms with Crippen LogP contribution in [0.2, 0.25) is 0 Å². The molecule has 4 heteroatoms. The summed E-state index contributed by atoms with van der Waals surface area (Å²) in [6.45, 7) is 8.13. The normalized spacial score (nSPS) is 11.0. The number of pyridine rings is 1. The smallest absolute Gasteiger partial charge is 0.143 e. The van der Waals surface area contributed by atoms with E-state index in [4.69, 9.17) is 4.74 Å². The zero-order chi connectivity index (χ0) is 13.5. The van der Waals surface area contributed by atoms with Crippen molar-refractivity contribution in [3.05, 3.63) is 22.3 Å². The van der Waals surface area contributed by atoms with Crippen molar-refractivity contribution in [2.45, 2.75) is 39.7 Å². The van der Waals surface area contributed by atoms with Crippen LogP contribution in [0.25, 0.3) is 0 Å². The monoisotopic (exact) mass is 314 g/mol. The molecule has 0 aliphatic rings. The van der Waals surface area contributed by atoms with Crippen LogP contribution in [0.1, 0.15) is 32.3 Å². The van der Waals surface area contributed by atoms with Crippen molar-refractivity contribution in [3.8, 4) is 0 Å². The Balaban J connectivity index is 3.04. The highest BCUT2D eigenvalue weighted by molar-refractivity contribution is 9.10. The van der Waals surface area contributed by atoms with Crippen LogP contribution in [0.3, 0.4) is 0 Å². The third-order valence-electron chi connectivity index (χ3n) is 3.26. The van der Waals surface area contributed by atoms with Gasteiger partial charge in [-0.25, -0.2) is 4.98 Å². The largest absolute Gasteiger partial charge is 0.383 e. The predicted molar refractivity (Wildman–Crippen MR) is 80.3 cm³/mol. The second kappa shape index (κ2) is 7.74. The lowest BCUT2D eigenvalue weighted by Gasteiger charge is -2.32. The quantitative estimate of drug-likeness (QED) is 0.765. The lowest BCUT2D eigenvalue weighted by molar-refractivity contribution is 0.202. The third kappa shape index (κ3) is 3.69. The van der Waals surface area contributed by atoms with E-state index in [-0.39, 0.29) is 0 Å². The van der Waals surface area contributed by atoms with Crippen LogP contribution in [0, 0.1) is 6.92 Å². The molecule has 0 aliphatic carbocycles. The number of ether oxygens (including phenoxy) is 1. The van der Waals surface area contributed by atoms with Crippen molar-refractivity contribution in [2.24, 2.45) is 0 Å². The first-order valence-electron chi connectivity index (χ1n) is 6.52. The van der Waals surface area contributed by atoms with Crippen molar-refractivity contribution < 1.29 is 4.74 Å². The van der Waals surface area contributed by atoms with Gasteiger partial charge in [0.2, 0.25) is 0 Å². The minimum atomic E-state index is 0.505. The summed E-state index contributed by atoms with van der Waals surface area (Å²) in [6.07, 6.45) is 4.10. The van der Waals surface area contributed by atoms with E-state index in [1.54, 1.807) is 7.11 Å². The van der Waals surface area contributed by atoms with Crippen LogP contribution < -0.4 is 4.90 Å². The van der Waals surface area contributed by atoms with E-state index in [9.17, 15) is 0 Å². The van der Waals surface area contributed by atoms with Crippen molar-refractivity contribution in [2.75, 3.05) is 25.2 Å². The zero-order valence-electron chi connectivity index (χ0n) is 11.7. The minimum Gasteiger partial charge on any atom is -0.383 e. The highest BCUT2D eigenvalue weighted by Gasteiger charge is 2.19. The van der Waals surface area contributed by atoms with Crippen LogP contribution in [0.15, 0.2) is 16.7 Å². The number of halogens is 1. The van der Waals surface area contributed by atoms with Gasteiger partial charge in [0.05, 0.1) is 11.1 Å². The Morgan fingerprint density at radius 3 is 2.61 bits per heavy atom. The maximum atomic E-state index is 5.22. The molecule has 102 valence electrons. The third-order valence-corrected chi connectivity index (χ3v) is 4.24. The van der Waals surface area contributed by atoms with Gasteiger partial charge in [-0.1, -0.05) is 13.8 Å². The molecule has 0 bridgehead atoms. The number of methoxy groups -OCH3 is 1. The molecule has 0 aromatic carbocycles. The van der Waals surface area contributed by atoms with E-state index in [0.717, 1.165) is 36.3 Å². The van der Waals surface area contributed by atoms with E-state index in [0.29, 0.717) is 6.04 Å². The highest BCUT2D eigenvalue weighted by Crippen LogP contribution is 2.29. The molecule has 0 fully saturated rings. The van der Waals surface area contributed by atoms with Crippen molar-refractivity contribution in [1.29, 1.82) is 0 Å². The Kier molecular flexibility index (Phi) is 6.65. The van der Waals surface area contributed by atoms with Gasteiger partial charge in [0.15, 0.2) is 0 Å². The second-order valence-corrected chi connectivity index (χ2v) is 5.21. The van der Waals surface area contributed by atoms with E-state index < -0.39 is 0 Å². The molecule has 0 spiro atoms. The summed E-state index contributed by atoms with van der Waals surface area (Å²) in [5.41, 5.74) is 1.22.